The van der Waals surface area contributed by atoms with Gasteiger partial charge in [0.2, 0.25) is 0 Å². The van der Waals surface area contributed by atoms with Crippen molar-refractivity contribution in [2.24, 2.45) is 0 Å². The van der Waals surface area contributed by atoms with E-state index in [0.29, 0.717) is 0 Å². The van der Waals surface area contributed by atoms with E-state index in [1.54, 1.807) is 0 Å². The van der Waals surface area contributed by atoms with Crippen LogP contribution in [0.4, 0.5) is 17.2 Å². The van der Waals surface area contributed by atoms with Gasteiger partial charge in [0.1, 0.15) is 11.5 Å². The molecule has 0 aliphatic heterocycles. The second kappa shape index (κ2) is 4.63. The van der Waals surface area contributed by atoms with E-state index < -0.39 is 16.0 Å². The van der Waals surface area contributed by atoms with E-state index in [4.69, 9.17) is 34.7 Å². The van der Waals surface area contributed by atoms with Crippen molar-refractivity contribution in [3.63, 3.8) is 0 Å². The number of H-pyrrole nitrogens is 1. The average molecular weight is 238 g/mol. The molecule has 0 radical (unpaired) electrons. The van der Waals surface area contributed by atoms with E-state index in [0.717, 1.165) is 0 Å². The molecule has 1 aromatic heterocycles. The van der Waals surface area contributed by atoms with Gasteiger partial charge >= 0.3 is 10.4 Å². The first-order valence-corrected chi connectivity index (χ1v) is 4.74. The summed E-state index contributed by atoms with van der Waals surface area (Å²) in [5, 5.41) is 0. The van der Waals surface area contributed by atoms with Crippen molar-refractivity contribution in [3.8, 4) is 0 Å². The maximum Gasteiger partial charge on any atom is 0.394 e. The third-order valence-corrected chi connectivity index (χ3v) is 1.12. The maximum absolute atomic E-state index is 10.7. The Morgan fingerprint density at radius 2 is 1.60 bits per heavy atom. The van der Waals surface area contributed by atoms with Gasteiger partial charge in [-0.2, -0.15) is 8.42 Å². The largest absolute Gasteiger partial charge is 0.397 e. The molecule has 0 amide bonds. The van der Waals surface area contributed by atoms with Crippen LogP contribution in [-0.2, 0) is 10.4 Å². The third kappa shape index (κ3) is 6.31. The Hall–Kier alpha value is -1.78. The van der Waals surface area contributed by atoms with Gasteiger partial charge in [0, 0.05) is 6.07 Å². The lowest BCUT2D eigenvalue weighted by Crippen LogP contribution is -2.15. The zero-order valence-electron chi connectivity index (χ0n) is 7.34. The minimum absolute atomic E-state index is 0.00852. The molecule has 86 valence electrons. The number of nitrogens with two attached hydrogens (primary N) is 3. The number of aromatic nitrogens is 1. The number of pyridine rings is 1. The van der Waals surface area contributed by atoms with Crippen LogP contribution in [-0.4, -0.2) is 22.5 Å². The van der Waals surface area contributed by atoms with Crippen LogP contribution in [0, 0.1) is 0 Å². The Morgan fingerprint density at radius 1 is 1.20 bits per heavy atom. The third-order valence-electron chi connectivity index (χ3n) is 1.12. The zero-order valence-corrected chi connectivity index (χ0v) is 8.15. The van der Waals surface area contributed by atoms with Crippen molar-refractivity contribution in [1.82, 2.24) is 4.98 Å². The van der Waals surface area contributed by atoms with Gasteiger partial charge < -0.3 is 22.2 Å². The molecule has 9 nitrogen and oxygen atoms in total. The summed E-state index contributed by atoms with van der Waals surface area (Å²) in [4.78, 5) is 13.0. The standard InChI is InChI=1S/C5H8N4O.H2O4S/c6-2-1-3(7)9-5(10)4(2)8;1-5(2,3)4/h1H,8H2,(H5,6,7,9,10);(H2,1,2,3,4). The van der Waals surface area contributed by atoms with Crippen molar-refractivity contribution in [2.75, 3.05) is 17.2 Å². The smallest absolute Gasteiger partial charge is 0.394 e. The SMILES string of the molecule is Nc1cc(N)c(N)c(=O)[nH]1.O=S(=O)(O)O. The van der Waals surface area contributed by atoms with Crippen LogP contribution >= 0.6 is 0 Å². The maximum atomic E-state index is 10.7. The van der Waals surface area contributed by atoms with Crippen molar-refractivity contribution in [2.45, 2.75) is 0 Å². The fraction of sp³-hybridized carbons (Fsp3) is 0. The van der Waals surface area contributed by atoms with E-state index in [1.807, 2.05) is 0 Å². The molecule has 0 aliphatic rings. The first-order chi connectivity index (χ1) is 6.61. The number of aromatic amines is 1. The Balaban J connectivity index is 0.000000336. The molecular formula is C5H10N4O5S. The molecule has 1 heterocycles. The number of hydrogen-bond acceptors (Lipinski definition) is 6. The molecule has 1 rings (SSSR count). The molecule has 0 fully saturated rings. The summed E-state index contributed by atoms with van der Waals surface area (Å²) in [5.74, 6) is 0.219. The number of hydrogen-bond donors (Lipinski definition) is 6. The van der Waals surface area contributed by atoms with E-state index in [9.17, 15) is 4.79 Å². The molecule has 0 aromatic carbocycles. The summed E-state index contributed by atoms with van der Waals surface area (Å²) in [6.07, 6.45) is 0. The van der Waals surface area contributed by atoms with Gasteiger partial charge in [-0.25, -0.2) is 0 Å². The van der Waals surface area contributed by atoms with Gasteiger partial charge in [-0.1, -0.05) is 0 Å². The second-order valence-electron chi connectivity index (χ2n) is 2.37. The molecule has 10 heteroatoms. The van der Waals surface area contributed by atoms with Crippen LogP contribution < -0.4 is 22.8 Å². The predicted octanol–water partition coefficient (Wildman–Crippen LogP) is -1.53. The summed E-state index contributed by atoms with van der Waals surface area (Å²) in [5.41, 5.74) is 15.5. The Bertz CT molecular complexity index is 485. The lowest BCUT2D eigenvalue weighted by Gasteiger charge is -1.98. The molecule has 0 saturated heterocycles. The van der Waals surface area contributed by atoms with Gasteiger partial charge in [-0.15, -0.1) is 0 Å². The highest BCUT2D eigenvalue weighted by molar-refractivity contribution is 7.79. The quantitative estimate of drug-likeness (QED) is 0.293. The first kappa shape index (κ1) is 13.2. The van der Waals surface area contributed by atoms with Crippen LogP contribution in [0.3, 0.4) is 0 Å². The fourth-order valence-electron chi connectivity index (χ4n) is 0.611. The van der Waals surface area contributed by atoms with Crippen LogP contribution in [0.5, 0.6) is 0 Å². The van der Waals surface area contributed by atoms with Crippen molar-refractivity contribution in [3.05, 3.63) is 16.4 Å². The highest BCUT2D eigenvalue weighted by Crippen LogP contribution is 2.08. The van der Waals surface area contributed by atoms with Gasteiger partial charge in [0.05, 0.1) is 5.69 Å². The van der Waals surface area contributed by atoms with E-state index in [-0.39, 0.29) is 17.2 Å². The van der Waals surface area contributed by atoms with Gasteiger partial charge in [0.25, 0.3) is 5.56 Å². The Morgan fingerprint density at radius 3 is 1.93 bits per heavy atom. The lowest BCUT2D eigenvalue weighted by molar-refractivity contribution is 0.381. The Kier molecular flexibility index (Phi) is 4.08. The van der Waals surface area contributed by atoms with Gasteiger partial charge in [-0.3, -0.25) is 13.9 Å². The predicted molar refractivity (Wildman–Crippen MR) is 54.5 cm³/mol. The molecule has 9 N–H and O–H groups in total. The first-order valence-electron chi connectivity index (χ1n) is 3.35. The molecule has 0 saturated carbocycles. The minimum Gasteiger partial charge on any atom is -0.397 e. The molecule has 0 spiro atoms. The number of nitrogens with one attached hydrogen (secondary N) is 1. The van der Waals surface area contributed by atoms with Crippen molar-refractivity contribution < 1.29 is 17.5 Å². The number of rotatable bonds is 0. The van der Waals surface area contributed by atoms with Gasteiger partial charge in [-0.05, 0) is 0 Å². The normalized spacial score (nSPS) is 10.3. The summed E-state index contributed by atoms with van der Waals surface area (Å²) >= 11 is 0. The van der Waals surface area contributed by atoms with Crippen LogP contribution in [0.1, 0.15) is 0 Å². The highest BCUT2D eigenvalue weighted by atomic mass is 32.3. The van der Waals surface area contributed by atoms with E-state index in [1.165, 1.54) is 6.07 Å². The van der Waals surface area contributed by atoms with Crippen LogP contribution in [0.15, 0.2) is 10.9 Å². The number of nitrogen functional groups attached to an aromatic ring is 3. The molecule has 0 unspecified atom stereocenters. The van der Waals surface area contributed by atoms with E-state index >= 15 is 0 Å². The summed E-state index contributed by atoms with van der Waals surface area (Å²) in [6, 6.07) is 1.40. The van der Waals surface area contributed by atoms with Crippen molar-refractivity contribution in [1.29, 1.82) is 0 Å². The number of anilines is 3. The summed E-state index contributed by atoms with van der Waals surface area (Å²) in [7, 11) is -4.67. The molecular weight excluding hydrogens is 228 g/mol. The molecule has 0 aliphatic carbocycles. The topological polar surface area (TPSA) is 186 Å². The van der Waals surface area contributed by atoms with Crippen LogP contribution in [0.25, 0.3) is 0 Å². The summed E-state index contributed by atoms with van der Waals surface area (Å²) < 4.78 is 31.6. The molecule has 0 atom stereocenters. The monoisotopic (exact) mass is 238 g/mol. The average Bonchev–Trinajstić information content (AvgIpc) is 1.96. The highest BCUT2D eigenvalue weighted by Gasteiger charge is 1.98. The van der Waals surface area contributed by atoms with E-state index in [2.05, 4.69) is 4.98 Å². The minimum atomic E-state index is -4.67. The van der Waals surface area contributed by atoms with Gasteiger partial charge in [0.15, 0.2) is 0 Å². The Labute approximate surface area is 84.5 Å². The summed E-state index contributed by atoms with van der Waals surface area (Å²) in [6.45, 7) is 0. The zero-order chi connectivity index (χ0) is 12.2. The molecule has 15 heavy (non-hydrogen) atoms. The molecule has 1 aromatic rings. The van der Waals surface area contributed by atoms with Crippen LogP contribution in [0.2, 0.25) is 0 Å². The van der Waals surface area contributed by atoms with Crippen molar-refractivity contribution >= 4 is 27.6 Å². The molecule has 0 bridgehead atoms. The fourth-order valence-corrected chi connectivity index (χ4v) is 0.611. The second-order valence-corrected chi connectivity index (χ2v) is 3.27. The lowest BCUT2D eigenvalue weighted by atomic mass is 10.3.